The Hall–Kier alpha value is -2.70. The molecule has 6 nitrogen and oxygen atoms in total. The van der Waals surface area contributed by atoms with Crippen molar-refractivity contribution in [2.45, 2.75) is 12.8 Å². The summed E-state index contributed by atoms with van der Waals surface area (Å²) in [7, 11) is 1.38. The lowest BCUT2D eigenvalue weighted by Crippen LogP contribution is -2.41. The van der Waals surface area contributed by atoms with Crippen molar-refractivity contribution in [1.29, 1.82) is 0 Å². The zero-order chi connectivity index (χ0) is 17.6. The molecule has 0 spiro atoms. The molecular formula is C18H21FN4O2. The maximum atomic E-state index is 13.4. The summed E-state index contributed by atoms with van der Waals surface area (Å²) >= 11 is 0. The predicted octanol–water partition coefficient (Wildman–Crippen LogP) is 2.27. The second-order valence-corrected chi connectivity index (χ2v) is 6.06. The average molecular weight is 344 g/mol. The number of piperidine rings is 1. The minimum absolute atomic E-state index is 0.0673. The monoisotopic (exact) mass is 344 g/mol. The lowest BCUT2D eigenvalue weighted by atomic mass is 9.98. The van der Waals surface area contributed by atoms with Crippen LogP contribution < -0.4 is 15.0 Å². The summed E-state index contributed by atoms with van der Waals surface area (Å²) in [6, 6.07) is 5.90. The molecule has 0 unspecified atom stereocenters. The molecule has 132 valence electrons. The van der Waals surface area contributed by atoms with Crippen LogP contribution in [0.4, 0.5) is 10.3 Å². The average Bonchev–Trinajstić information content (AvgIpc) is 2.67. The molecule has 2 heterocycles. The molecular weight excluding hydrogens is 323 g/mol. The number of halogens is 1. The number of methoxy groups -OCH3 is 1. The van der Waals surface area contributed by atoms with Crippen LogP contribution in [0.3, 0.4) is 0 Å². The normalized spacial score (nSPS) is 17.2. The minimum atomic E-state index is -0.482. The Balaban J connectivity index is 1.57. The summed E-state index contributed by atoms with van der Waals surface area (Å²) in [5.74, 6) is 0.402. The Bertz CT molecular complexity index is 726. The lowest BCUT2D eigenvalue weighted by molar-refractivity contribution is 0.0945. The van der Waals surface area contributed by atoms with Gasteiger partial charge in [0.2, 0.25) is 5.95 Å². The number of nitrogens with zero attached hydrogens (tertiary/aromatic N) is 3. The van der Waals surface area contributed by atoms with Gasteiger partial charge in [-0.1, -0.05) is 0 Å². The van der Waals surface area contributed by atoms with E-state index >= 15 is 0 Å². The van der Waals surface area contributed by atoms with Crippen molar-refractivity contribution in [2.75, 3.05) is 31.6 Å². The molecule has 1 aromatic carbocycles. The molecule has 1 amide bonds. The standard InChI is InChI=1S/C18H21FN4O2/c1-25-16-10-14(5-6-15(16)19)17(24)22-11-13-4-2-9-23(12-13)18-20-7-3-8-21-18/h3,5-8,10,13H,2,4,9,11-12H2,1H3,(H,22,24)/t13-/m0/s1. The summed E-state index contributed by atoms with van der Waals surface area (Å²) in [6.07, 6.45) is 5.53. The molecule has 1 fully saturated rings. The van der Waals surface area contributed by atoms with Crippen molar-refractivity contribution >= 4 is 11.9 Å². The van der Waals surface area contributed by atoms with Crippen LogP contribution in [0.2, 0.25) is 0 Å². The van der Waals surface area contributed by atoms with Crippen molar-refractivity contribution in [3.63, 3.8) is 0 Å². The molecule has 2 aromatic rings. The van der Waals surface area contributed by atoms with Crippen molar-refractivity contribution < 1.29 is 13.9 Å². The van der Waals surface area contributed by atoms with Gasteiger partial charge in [-0.15, -0.1) is 0 Å². The zero-order valence-electron chi connectivity index (χ0n) is 14.1. The van der Waals surface area contributed by atoms with E-state index in [1.54, 1.807) is 18.5 Å². The Kier molecular flexibility index (Phi) is 5.42. The molecule has 0 bridgehead atoms. The van der Waals surface area contributed by atoms with Crippen LogP contribution in [-0.2, 0) is 0 Å². The Morgan fingerprint density at radius 1 is 1.40 bits per heavy atom. The summed E-state index contributed by atoms with van der Waals surface area (Å²) in [5.41, 5.74) is 0.386. The second-order valence-electron chi connectivity index (χ2n) is 6.06. The van der Waals surface area contributed by atoms with E-state index in [1.807, 2.05) is 0 Å². The number of ether oxygens (including phenoxy) is 1. The first-order valence-corrected chi connectivity index (χ1v) is 8.31. The third kappa shape index (κ3) is 4.23. The van der Waals surface area contributed by atoms with Gasteiger partial charge in [-0.2, -0.15) is 0 Å². The number of carbonyl (C=O) groups is 1. The van der Waals surface area contributed by atoms with E-state index in [0.717, 1.165) is 31.9 Å². The number of hydrogen-bond donors (Lipinski definition) is 1. The summed E-state index contributed by atoms with van der Waals surface area (Å²) < 4.78 is 18.4. The maximum absolute atomic E-state index is 13.4. The largest absolute Gasteiger partial charge is 0.494 e. The molecule has 1 aliphatic rings. The van der Waals surface area contributed by atoms with Crippen molar-refractivity contribution in [3.05, 3.63) is 48.0 Å². The molecule has 1 aliphatic heterocycles. The summed E-state index contributed by atoms with van der Waals surface area (Å²) in [5, 5.41) is 2.93. The van der Waals surface area contributed by atoms with E-state index in [2.05, 4.69) is 20.2 Å². The molecule has 1 N–H and O–H groups in total. The highest BCUT2D eigenvalue weighted by molar-refractivity contribution is 5.94. The fourth-order valence-corrected chi connectivity index (χ4v) is 3.01. The molecule has 1 saturated heterocycles. The molecule has 25 heavy (non-hydrogen) atoms. The van der Waals surface area contributed by atoms with E-state index in [1.165, 1.54) is 25.3 Å². The molecule has 0 radical (unpaired) electrons. The molecule has 0 saturated carbocycles. The number of hydrogen-bond acceptors (Lipinski definition) is 5. The number of rotatable bonds is 5. The van der Waals surface area contributed by atoms with Gasteiger partial charge < -0.3 is 15.0 Å². The van der Waals surface area contributed by atoms with E-state index in [-0.39, 0.29) is 11.7 Å². The molecule has 0 aliphatic carbocycles. The topological polar surface area (TPSA) is 67.3 Å². The van der Waals surface area contributed by atoms with E-state index in [4.69, 9.17) is 4.74 Å². The van der Waals surface area contributed by atoms with Crippen molar-refractivity contribution in [1.82, 2.24) is 15.3 Å². The highest BCUT2D eigenvalue weighted by atomic mass is 19.1. The van der Waals surface area contributed by atoms with Gasteiger partial charge in [0, 0.05) is 37.6 Å². The van der Waals surface area contributed by atoms with Gasteiger partial charge in [0.05, 0.1) is 7.11 Å². The van der Waals surface area contributed by atoms with Crippen LogP contribution in [0.15, 0.2) is 36.7 Å². The molecule has 1 aromatic heterocycles. The fourth-order valence-electron chi connectivity index (χ4n) is 3.01. The van der Waals surface area contributed by atoms with Gasteiger partial charge in [-0.3, -0.25) is 4.79 Å². The van der Waals surface area contributed by atoms with Gasteiger partial charge in [-0.25, -0.2) is 14.4 Å². The maximum Gasteiger partial charge on any atom is 0.251 e. The number of carbonyl (C=O) groups excluding carboxylic acids is 1. The van der Waals surface area contributed by atoms with Crippen LogP contribution in [0.5, 0.6) is 5.75 Å². The SMILES string of the molecule is COc1cc(C(=O)NC[C@@H]2CCCN(c3ncccn3)C2)ccc1F. The van der Waals surface area contributed by atoms with E-state index < -0.39 is 5.82 Å². The Morgan fingerprint density at radius 3 is 2.96 bits per heavy atom. The van der Waals surface area contributed by atoms with Gasteiger partial charge >= 0.3 is 0 Å². The van der Waals surface area contributed by atoms with Crippen molar-refractivity contribution in [2.24, 2.45) is 5.92 Å². The van der Waals surface area contributed by atoms with Crippen LogP contribution in [0.25, 0.3) is 0 Å². The van der Waals surface area contributed by atoms with Gasteiger partial charge in [0.15, 0.2) is 11.6 Å². The highest BCUT2D eigenvalue weighted by Crippen LogP contribution is 2.20. The Labute approximate surface area is 146 Å². The van der Waals surface area contributed by atoms with Crippen LogP contribution in [0.1, 0.15) is 23.2 Å². The minimum Gasteiger partial charge on any atom is -0.494 e. The molecule has 1 atom stereocenters. The van der Waals surface area contributed by atoms with Crippen LogP contribution in [0, 0.1) is 11.7 Å². The van der Waals surface area contributed by atoms with Gasteiger partial charge in [0.1, 0.15) is 0 Å². The Morgan fingerprint density at radius 2 is 2.20 bits per heavy atom. The zero-order valence-corrected chi connectivity index (χ0v) is 14.1. The lowest BCUT2D eigenvalue weighted by Gasteiger charge is -2.32. The first-order chi connectivity index (χ1) is 12.2. The van der Waals surface area contributed by atoms with Crippen molar-refractivity contribution in [3.8, 4) is 5.75 Å². The number of anilines is 1. The third-order valence-electron chi connectivity index (χ3n) is 4.32. The highest BCUT2D eigenvalue weighted by Gasteiger charge is 2.22. The van der Waals surface area contributed by atoms with E-state index in [9.17, 15) is 9.18 Å². The summed E-state index contributed by atoms with van der Waals surface area (Å²) in [4.78, 5) is 23.0. The smallest absolute Gasteiger partial charge is 0.251 e. The first kappa shape index (κ1) is 17.1. The fraction of sp³-hybridized carbons (Fsp3) is 0.389. The second kappa shape index (κ2) is 7.92. The number of aromatic nitrogens is 2. The van der Waals surface area contributed by atoms with E-state index in [0.29, 0.717) is 18.0 Å². The first-order valence-electron chi connectivity index (χ1n) is 8.31. The van der Waals surface area contributed by atoms with Crippen LogP contribution in [-0.4, -0.2) is 42.6 Å². The third-order valence-corrected chi connectivity index (χ3v) is 4.32. The van der Waals surface area contributed by atoms with Crippen LogP contribution >= 0.6 is 0 Å². The molecule has 3 rings (SSSR count). The summed E-state index contributed by atoms with van der Waals surface area (Å²) in [6.45, 7) is 2.28. The van der Waals surface area contributed by atoms with Gasteiger partial charge in [-0.05, 0) is 43.0 Å². The predicted molar refractivity (Wildman–Crippen MR) is 92.3 cm³/mol. The quantitative estimate of drug-likeness (QED) is 0.901. The number of benzene rings is 1. The molecule has 7 heteroatoms. The number of nitrogens with one attached hydrogen (secondary N) is 1. The van der Waals surface area contributed by atoms with Gasteiger partial charge in [0.25, 0.3) is 5.91 Å². The number of amides is 1.